The number of hydrogen-bond acceptors (Lipinski definition) is 4. The minimum absolute atomic E-state index is 0.0352. The van der Waals surface area contributed by atoms with Gasteiger partial charge in [-0.3, -0.25) is 0 Å². The lowest BCUT2D eigenvalue weighted by atomic mass is 10.2. The minimum Gasteiger partial charge on any atom is -0.477 e. The Morgan fingerprint density at radius 1 is 1.59 bits per heavy atom. The fraction of sp³-hybridized carbons (Fsp3) is 0.500. The molecule has 0 aromatic carbocycles. The van der Waals surface area contributed by atoms with Crippen LogP contribution in [0.2, 0.25) is 0 Å². The van der Waals surface area contributed by atoms with Gasteiger partial charge in [0.15, 0.2) is 0 Å². The van der Waals surface area contributed by atoms with Gasteiger partial charge in [-0.05, 0) is 23.3 Å². The van der Waals surface area contributed by atoms with Gasteiger partial charge in [0.1, 0.15) is 9.77 Å². The molecule has 94 valence electrons. The molecular weight excluding hydrogens is 262 g/mol. The Balaban J connectivity index is 2.27. The molecule has 1 saturated carbocycles. The molecule has 5 nitrogen and oxygen atoms in total. The van der Waals surface area contributed by atoms with E-state index in [0.29, 0.717) is 0 Å². The van der Waals surface area contributed by atoms with Crippen molar-refractivity contribution in [2.45, 2.75) is 31.2 Å². The lowest BCUT2D eigenvalue weighted by Crippen LogP contribution is -2.29. The summed E-state index contributed by atoms with van der Waals surface area (Å²) in [5.74, 6) is -1.21. The summed E-state index contributed by atoms with van der Waals surface area (Å²) in [7, 11) is -3.72. The number of sulfonamides is 1. The molecule has 0 spiro atoms. The van der Waals surface area contributed by atoms with Crippen LogP contribution in [0.25, 0.3) is 0 Å². The Bertz CT molecular complexity index is 559. The second-order valence-corrected chi connectivity index (χ2v) is 7.38. The Morgan fingerprint density at radius 2 is 2.18 bits per heavy atom. The van der Waals surface area contributed by atoms with E-state index in [4.69, 9.17) is 5.11 Å². The first-order chi connectivity index (χ1) is 7.74. The summed E-state index contributed by atoms with van der Waals surface area (Å²) in [5.41, 5.74) is -0.0352. The number of carboxylic acids is 1. The topological polar surface area (TPSA) is 83.5 Å². The number of nitrogens with one attached hydrogen (secondary N) is 1. The molecule has 0 aliphatic heterocycles. The minimum atomic E-state index is -3.72. The van der Waals surface area contributed by atoms with Gasteiger partial charge in [-0.25, -0.2) is 17.9 Å². The molecule has 2 rings (SSSR count). The Labute approximate surface area is 104 Å². The molecule has 1 aromatic rings. The maximum Gasteiger partial charge on any atom is 0.347 e. The molecule has 17 heavy (non-hydrogen) atoms. The smallest absolute Gasteiger partial charge is 0.347 e. The van der Waals surface area contributed by atoms with E-state index in [0.717, 1.165) is 17.8 Å². The summed E-state index contributed by atoms with van der Waals surface area (Å²) >= 11 is 0.913. The van der Waals surface area contributed by atoms with Gasteiger partial charge in [0.05, 0.1) is 0 Å². The number of aromatic carboxylic acids is 1. The van der Waals surface area contributed by atoms with Crippen LogP contribution in [-0.4, -0.2) is 25.5 Å². The first kappa shape index (κ1) is 12.5. The predicted molar refractivity (Wildman–Crippen MR) is 63.8 cm³/mol. The molecule has 1 heterocycles. The van der Waals surface area contributed by atoms with Crippen LogP contribution in [0, 0.1) is 5.41 Å². The Morgan fingerprint density at radius 3 is 2.65 bits per heavy atom. The number of hydrogen-bond donors (Lipinski definition) is 2. The Kier molecular flexibility index (Phi) is 2.80. The molecule has 2 N–H and O–H groups in total. The van der Waals surface area contributed by atoms with Gasteiger partial charge in [0.25, 0.3) is 0 Å². The highest BCUT2D eigenvalue weighted by molar-refractivity contribution is 7.89. The van der Waals surface area contributed by atoms with E-state index in [-0.39, 0.29) is 21.2 Å². The second-order valence-electron chi connectivity index (χ2n) is 4.79. The number of carbonyl (C=O) groups is 1. The van der Waals surface area contributed by atoms with Crippen LogP contribution in [0.3, 0.4) is 0 Å². The molecule has 1 unspecified atom stereocenters. The molecule has 0 saturated heterocycles. The molecule has 1 aromatic heterocycles. The first-order valence-electron chi connectivity index (χ1n) is 5.07. The van der Waals surface area contributed by atoms with Crippen LogP contribution in [0.4, 0.5) is 0 Å². The SMILES string of the molecule is CC1(C)CC1NS(=O)(=O)c1ccsc1C(=O)O. The summed E-state index contributed by atoms with van der Waals surface area (Å²) in [5, 5.41) is 10.4. The van der Waals surface area contributed by atoms with Crippen molar-refractivity contribution in [2.24, 2.45) is 5.41 Å². The monoisotopic (exact) mass is 275 g/mol. The number of carboxylic acid groups (broad SMARTS) is 1. The van der Waals surface area contributed by atoms with Gasteiger partial charge in [0.2, 0.25) is 10.0 Å². The summed E-state index contributed by atoms with van der Waals surface area (Å²) in [6, 6.07) is 1.22. The normalized spacial score (nSPS) is 22.4. The van der Waals surface area contributed by atoms with Gasteiger partial charge in [-0.15, -0.1) is 11.3 Å². The lowest BCUT2D eigenvalue weighted by molar-refractivity contribution is 0.0698. The van der Waals surface area contributed by atoms with Gasteiger partial charge in [-0.1, -0.05) is 13.8 Å². The zero-order valence-electron chi connectivity index (χ0n) is 9.43. The zero-order valence-corrected chi connectivity index (χ0v) is 11.1. The summed E-state index contributed by atoms with van der Waals surface area (Å²) in [4.78, 5) is 10.6. The third-order valence-electron chi connectivity index (χ3n) is 2.92. The largest absolute Gasteiger partial charge is 0.477 e. The van der Waals surface area contributed by atoms with E-state index in [1.54, 1.807) is 0 Å². The van der Waals surface area contributed by atoms with Crippen LogP contribution in [0.15, 0.2) is 16.3 Å². The number of rotatable bonds is 4. The molecule has 7 heteroatoms. The summed E-state index contributed by atoms with van der Waals surface area (Å²) in [6.07, 6.45) is 0.777. The Hall–Kier alpha value is -0.920. The molecule has 1 aliphatic rings. The van der Waals surface area contributed by atoms with Crippen LogP contribution < -0.4 is 4.72 Å². The summed E-state index contributed by atoms with van der Waals surface area (Å²) in [6.45, 7) is 3.93. The lowest BCUT2D eigenvalue weighted by Gasteiger charge is -2.07. The van der Waals surface area contributed by atoms with Gasteiger partial charge >= 0.3 is 5.97 Å². The standard InChI is InChI=1S/C10H13NO4S2/c1-10(2)5-7(10)11-17(14,15)6-3-4-16-8(6)9(12)13/h3-4,7,11H,5H2,1-2H3,(H,12,13). The molecule has 0 amide bonds. The summed E-state index contributed by atoms with van der Waals surface area (Å²) < 4.78 is 26.5. The predicted octanol–water partition coefficient (Wildman–Crippen LogP) is 1.52. The van der Waals surface area contributed by atoms with Crippen LogP contribution in [0.1, 0.15) is 29.9 Å². The van der Waals surface area contributed by atoms with Crippen LogP contribution in [-0.2, 0) is 10.0 Å². The van der Waals surface area contributed by atoms with Crippen molar-refractivity contribution in [3.8, 4) is 0 Å². The third-order valence-corrected chi connectivity index (χ3v) is 5.47. The van der Waals surface area contributed by atoms with Crippen LogP contribution >= 0.6 is 11.3 Å². The van der Waals surface area contributed by atoms with Crippen LogP contribution in [0.5, 0.6) is 0 Å². The van der Waals surface area contributed by atoms with Crippen molar-refractivity contribution >= 4 is 27.3 Å². The van der Waals surface area contributed by atoms with Crippen molar-refractivity contribution in [3.63, 3.8) is 0 Å². The molecule has 0 bridgehead atoms. The van der Waals surface area contributed by atoms with E-state index in [9.17, 15) is 13.2 Å². The third kappa shape index (κ3) is 2.36. The molecule has 0 radical (unpaired) electrons. The highest BCUT2D eigenvalue weighted by Gasteiger charge is 2.48. The maximum absolute atomic E-state index is 12.0. The molecule has 1 fully saturated rings. The average Bonchev–Trinajstić information content (AvgIpc) is 2.68. The second kappa shape index (κ2) is 3.79. The highest BCUT2D eigenvalue weighted by atomic mass is 32.2. The van der Waals surface area contributed by atoms with E-state index in [1.807, 2.05) is 13.8 Å². The van der Waals surface area contributed by atoms with Crippen molar-refractivity contribution in [1.82, 2.24) is 4.72 Å². The molecule has 1 aliphatic carbocycles. The van der Waals surface area contributed by atoms with Crippen molar-refractivity contribution in [2.75, 3.05) is 0 Å². The zero-order chi connectivity index (χ0) is 12.8. The van der Waals surface area contributed by atoms with Crippen molar-refractivity contribution in [1.29, 1.82) is 0 Å². The average molecular weight is 275 g/mol. The fourth-order valence-corrected chi connectivity index (χ4v) is 4.25. The van der Waals surface area contributed by atoms with Crippen molar-refractivity contribution < 1.29 is 18.3 Å². The van der Waals surface area contributed by atoms with E-state index in [1.165, 1.54) is 11.4 Å². The first-order valence-corrected chi connectivity index (χ1v) is 7.43. The van der Waals surface area contributed by atoms with E-state index < -0.39 is 16.0 Å². The number of thiophene rings is 1. The van der Waals surface area contributed by atoms with E-state index >= 15 is 0 Å². The quantitative estimate of drug-likeness (QED) is 0.872. The van der Waals surface area contributed by atoms with E-state index in [2.05, 4.69) is 4.72 Å². The van der Waals surface area contributed by atoms with Crippen molar-refractivity contribution in [3.05, 3.63) is 16.3 Å². The maximum atomic E-state index is 12.0. The molecule has 1 atom stereocenters. The molecular formula is C10H13NO4S2. The van der Waals surface area contributed by atoms with Gasteiger partial charge in [0, 0.05) is 6.04 Å². The van der Waals surface area contributed by atoms with Gasteiger partial charge < -0.3 is 5.11 Å². The fourth-order valence-electron chi connectivity index (χ4n) is 1.58. The van der Waals surface area contributed by atoms with Gasteiger partial charge in [-0.2, -0.15) is 0 Å². The highest BCUT2D eigenvalue weighted by Crippen LogP contribution is 2.45.